The molecular formula is C23H28N4O5. The minimum absolute atomic E-state index is 0.0160. The van der Waals surface area contributed by atoms with Crippen LogP contribution in [0.3, 0.4) is 0 Å². The standard InChI is InChI=1S/C23H28N4O5/c1-16-2-4-17(5-3-16)13-26-14-18(12-21(26)30)23(32)25-10-8-24(9-11-25)22(31)15-27-19(28)6-7-20(27)29/h2-5,18H,6-15H2,1H3. The van der Waals surface area contributed by atoms with Crippen LogP contribution in [-0.4, -0.2) is 88.4 Å². The summed E-state index contributed by atoms with van der Waals surface area (Å²) < 4.78 is 0. The Morgan fingerprint density at radius 3 is 2.09 bits per heavy atom. The molecule has 0 bridgehead atoms. The first-order valence-corrected chi connectivity index (χ1v) is 11.0. The molecule has 170 valence electrons. The minimum atomic E-state index is -0.366. The van der Waals surface area contributed by atoms with E-state index in [0.29, 0.717) is 39.3 Å². The molecule has 5 amide bonds. The number of imide groups is 1. The van der Waals surface area contributed by atoms with Crippen LogP contribution >= 0.6 is 0 Å². The molecule has 3 heterocycles. The van der Waals surface area contributed by atoms with Crippen LogP contribution in [0.2, 0.25) is 0 Å². The zero-order valence-corrected chi connectivity index (χ0v) is 18.3. The van der Waals surface area contributed by atoms with Gasteiger partial charge in [-0.05, 0) is 12.5 Å². The van der Waals surface area contributed by atoms with Crippen molar-refractivity contribution in [3.05, 3.63) is 35.4 Å². The number of carbonyl (C=O) groups excluding carboxylic acids is 5. The molecule has 32 heavy (non-hydrogen) atoms. The second-order valence-electron chi connectivity index (χ2n) is 8.74. The van der Waals surface area contributed by atoms with Gasteiger partial charge in [0, 0.05) is 58.5 Å². The van der Waals surface area contributed by atoms with E-state index in [-0.39, 0.29) is 61.3 Å². The lowest BCUT2D eigenvalue weighted by atomic mass is 10.1. The maximum atomic E-state index is 13.0. The first kappa shape index (κ1) is 22.0. The van der Waals surface area contributed by atoms with Crippen molar-refractivity contribution in [3.8, 4) is 0 Å². The van der Waals surface area contributed by atoms with Gasteiger partial charge < -0.3 is 14.7 Å². The highest BCUT2D eigenvalue weighted by atomic mass is 16.2. The van der Waals surface area contributed by atoms with Crippen LogP contribution in [0.15, 0.2) is 24.3 Å². The van der Waals surface area contributed by atoms with Crippen molar-refractivity contribution in [2.45, 2.75) is 32.7 Å². The lowest BCUT2D eigenvalue weighted by Crippen LogP contribution is -2.54. The number of benzene rings is 1. The molecule has 3 aliphatic heterocycles. The predicted molar refractivity (Wildman–Crippen MR) is 114 cm³/mol. The summed E-state index contributed by atoms with van der Waals surface area (Å²) in [7, 11) is 0. The fraction of sp³-hybridized carbons (Fsp3) is 0.522. The Labute approximate surface area is 186 Å². The van der Waals surface area contributed by atoms with E-state index in [1.807, 2.05) is 31.2 Å². The second kappa shape index (κ2) is 9.10. The third-order valence-corrected chi connectivity index (χ3v) is 6.45. The Bertz CT molecular complexity index is 920. The van der Waals surface area contributed by atoms with E-state index in [9.17, 15) is 24.0 Å². The molecule has 1 aromatic rings. The number of hydrogen-bond donors (Lipinski definition) is 0. The molecule has 3 aliphatic rings. The lowest BCUT2D eigenvalue weighted by molar-refractivity contribution is -0.147. The molecule has 0 radical (unpaired) electrons. The Hall–Kier alpha value is -3.23. The van der Waals surface area contributed by atoms with E-state index in [4.69, 9.17) is 0 Å². The van der Waals surface area contributed by atoms with Gasteiger partial charge >= 0.3 is 0 Å². The van der Waals surface area contributed by atoms with E-state index in [0.717, 1.165) is 16.0 Å². The molecule has 4 rings (SSSR count). The lowest BCUT2D eigenvalue weighted by Gasteiger charge is -2.36. The predicted octanol–water partition coefficient (Wildman–Crippen LogP) is 0.163. The van der Waals surface area contributed by atoms with Gasteiger partial charge in [-0.3, -0.25) is 28.9 Å². The van der Waals surface area contributed by atoms with Crippen molar-refractivity contribution in [3.63, 3.8) is 0 Å². The molecular weight excluding hydrogens is 412 g/mol. The normalized spacial score (nSPS) is 21.7. The topological polar surface area (TPSA) is 98.3 Å². The third-order valence-electron chi connectivity index (χ3n) is 6.45. The first-order chi connectivity index (χ1) is 15.3. The van der Waals surface area contributed by atoms with Crippen molar-refractivity contribution < 1.29 is 24.0 Å². The fourth-order valence-corrected chi connectivity index (χ4v) is 4.47. The summed E-state index contributed by atoms with van der Waals surface area (Å²) in [4.78, 5) is 67.4. The maximum absolute atomic E-state index is 13.0. The van der Waals surface area contributed by atoms with Crippen LogP contribution in [0.5, 0.6) is 0 Å². The number of nitrogens with zero attached hydrogens (tertiary/aromatic N) is 4. The highest BCUT2D eigenvalue weighted by Crippen LogP contribution is 2.23. The summed E-state index contributed by atoms with van der Waals surface area (Å²) in [5, 5.41) is 0. The van der Waals surface area contributed by atoms with Crippen LogP contribution in [0, 0.1) is 12.8 Å². The molecule has 1 atom stereocenters. The number of rotatable bonds is 5. The van der Waals surface area contributed by atoms with Gasteiger partial charge in [-0.2, -0.15) is 0 Å². The molecule has 1 unspecified atom stereocenters. The molecule has 1 aromatic carbocycles. The molecule has 3 fully saturated rings. The summed E-state index contributed by atoms with van der Waals surface area (Å²) in [6.07, 6.45) is 0.536. The Kier molecular flexibility index (Phi) is 6.25. The molecule has 3 saturated heterocycles. The number of hydrogen-bond acceptors (Lipinski definition) is 5. The van der Waals surface area contributed by atoms with E-state index in [1.54, 1.807) is 14.7 Å². The molecule has 0 aromatic heterocycles. The highest BCUT2D eigenvalue weighted by molar-refractivity contribution is 6.04. The van der Waals surface area contributed by atoms with Crippen LogP contribution in [0.1, 0.15) is 30.4 Å². The summed E-state index contributed by atoms with van der Waals surface area (Å²) in [6.45, 7) is 4.17. The summed E-state index contributed by atoms with van der Waals surface area (Å²) in [6, 6.07) is 8.01. The SMILES string of the molecule is Cc1ccc(CN2CC(C(=O)N3CCN(C(=O)CN4C(=O)CCC4=O)CC3)CC2=O)cc1. The van der Waals surface area contributed by atoms with Gasteiger partial charge in [0.05, 0.1) is 5.92 Å². The first-order valence-electron chi connectivity index (χ1n) is 11.0. The van der Waals surface area contributed by atoms with E-state index < -0.39 is 0 Å². The zero-order chi connectivity index (χ0) is 22.8. The minimum Gasteiger partial charge on any atom is -0.339 e. The van der Waals surface area contributed by atoms with Crippen molar-refractivity contribution in [2.75, 3.05) is 39.3 Å². The molecule has 9 nitrogen and oxygen atoms in total. The zero-order valence-electron chi connectivity index (χ0n) is 18.3. The number of amides is 5. The number of aryl methyl sites for hydroxylation is 1. The van der Waals surface area contributed by atoms with Gasteiger partial charge in [0.2, 0.25) is 29.5 Å². The smallest absolute Gasteiger partial charge is 0.242 e. The molecule has 9 heteroatoms. The molecule has 0 spiro atoms. The Morgan fingerprint density at radius 2 is 1.47 bits per heavy atom. The Morgan fingerprint density at radius 1 is 0.875 bits per heavy atom. The van der Waals surface area contributed by atoms with Crippen LogP contribution in [0.4, 0.5) is 0 Å². The average molecular weight is 441 g/mol. The van der Waals surface area contributed by atoms with Crippen LogP contribution < -0.4 is 0 Å². The number of carbonyl (C=O) groups is 5. The van der Waals surface area contributed by atoms with Crippen molar-refractivity contribution in [1.29, 1.82) is 0 Å². The van der Waals surface area contributed by atoms with E-state index in [1.165, 1.54) is 0 Å². The van der Waals surface area contributed by atoms with E-state index >= 15 is 0 Å². The Balaban J connectivity index is 1.26. The van der Waals surface area contributed by atoms with Crippen molar-refractivity contribution in [2.24, 2.45) is 5.92 Å². The van der Waals surface area contributed by atoms with Gasteiger partial charge in [0.25, 0.3) is 0 Å². The van der Waals surface area contributed by atoms with Gasteiger partial charge in [-0.25, -0.2) is 0 Å². The summed E-state index contributed by atoms with van der Waals surface area (Å²) in [5.41, 5.74) is 2.20. The third kappa shape index (κ3) is 4.66. The molecule has 0 N–H and O–H groups in total. The van der Waals surface area contributed by atoms with Gasteiger partial charge in [-0.1, -0.05) is 29.8 Å². The quantitative estimate of drug-likeness (QED) is 0.608. The molecule has 0 saturated carbocycles. The second-order valence-corrected chi connectivity index (χ2v) is 8.74. The monoisotopic (exact) mass is 440 g/mol. The summed E-state index contributed by atoms with van der Waals surface area (Å²) in [5.74, 6) is -1.33. The number of likely N-dealkylation sites (tertiary alicyclic amines) is 2. The van der Waals surface area contributed by atoms with Gasteiger partial charge in [-0.15, -0.1) is 0 Å². The fourth-order valence-electron chi connectivity index (χ4n) is 4.47. The number of piperazine rings is 1. The molecule has 0 aliphatic carbocycles. The van der Waals surface area contributed by atoms with Crippen molar-refractivity contribution >= 4 is 29.5 Å². The average Bonchev–Trinajstić information content (AvgIpc) is 3.31. The highest BCUT2D eigenvalue weighted by Gasteiger charge is 2.38. The van der Waals surface area contributed by atoms with E-state index in [2.05, 4.69) is 0 Å². The van der Waals surface area contributed by atoms with Crippen LogP contribution in [-0.2, 0) is 30.5 Å². The summed E-state index contributed by atoms with van der Waals surface area (Å²) >= 11 is 0. The van der Waals surface area contributed by atoms with Gasteiger partial charge in [0.1, 0.15) is 6.54 Å². The van der Waals surface area contributed by atoms with Crippen molar-refractivity contribution in [1.82, 2.24) is 19.6 Å². The largest absolute Gasteiger partial charge is 0.339 e. The van der Waals surface area contributed by atoms with Crippen LogP contribution in [0.25, 0.3) is 0 Å². The van der Waals surface area contributed by atoms with Gasteiger partial charge in [0.15, 0.2) is 0 Å². The maximum Gasteiger partial charge on any atom is 0.242 e.